The Kier molecular flexibility index (Phi) is 4.44. The Morgan fingerprint density at radius 3 is 2.56 bits per heavy atom. The number of benzene rings is 1. The first-order valence-electron chi connectivity index (χ1n) is 8.95. The lowest BCUT2D eigenvalue weighted by atomic mass is 9.97. The van der Waals surface area contributed by atoms with Crippen LogP contribution in [-0.4, -0.2) is 55.0 Å². The van der Waals surface area contributed by atoms with Crippen molar-refractivity contribution in [3.63, 3.8) is 0 Å². The maximum atomic E-state index is 12.1. The van der Waals surface area contributed by atoms with E-state index < -0.39 is 35.7 Å². The number of hydrogen-bond acceptors (Lipinski definition) is 8. The third-order valence-corrected chi connectivity index (χ3v) is 4.61. The highest BCUT2D eigenvalue weighted by molar-refractivity contribution is 5.63. The average molecular weight is 380 g/mol. The molecule has 0 aliphatic carbocycles. The standard InChI is InChI=1S/C19H24O8/c1-17(2)24-13-10-22-19(15(14(13)25-17)26-18(3,4)27-19)11-21-16(20)23-12-8-6-5-7-9-12/h5-9,13-15H,10-11H2,1-4H3/t13-,14-,15+,19+/m1/s1. The second-order valence-corrected chi connectivity index (χ2v) is 7.76. The molecule has 3 aliphatic heterocycles. The molecular weight excluding hydrogens is 356 g/mol. The molecule has 3 saturated heterocycles. The number of hydrogen-bond donors (Lipinski definition) is 0. The van der Waals surface area contributed by atoms with Crippen molar-refractivity contribution in [2.24, 2.45) is 0 Å². The highest BCUT2D eigenvalue weighted by atomic mass is 16.9. The Morgan fingerprint density at radius 2 is 1.81 bits per heavy atom. The second-order valence-electron chi connectivity index (χ2n) is 7.76. The Bertz CT molecular complexity index is 703. The van der Waals surface area contributed by atoms with Gasteiger partial charge >= 0.3 is 6.16 Å². The van der Waals surface area contributed by atoms with Crippen LogP contribution in [0, 0.1) is 0 Å². The number of carbonyl (C=O) groups excluding carboxylic acids is 1. The van der Waals surface area contributed by atoms with E-state index in [2.05, 4.69) is 0 Å². The molecule has 4 rings (SSSR count). The Hall–Kier alpha value is -1.71. The first-order valence-corrected chi connectivity index (χ1v) is 8.95. The molecular formula is C19H24O8. The SMILES string of the molecule is CC1(C)O[C@@H]2[C@@H](CO[C@@]3(COC(=O)Oc4ccccc4)OC(C)(C)O[C@@H]23)O1. The summed E-state index contributed by atoms with van der Waals surface area (Å²) in [6.07, 6.45) is -2.15. The topological polar surface area (TPSA) is 81.7 Å². The fraction of sp³-hybridized carbons (Fsp3) is 0.632. The van der Waals surface area contributed by atoms with Crippen molar-refractivity contribution in [2.75, 3.05) is 13.2 Å². The van der Waals surface area contributed by atoms with Gasteiger partial charge in [-0.2, -0.15) is 0 Å². The Morgan fingerprint density at radius 1 is 1.07 bits per heavy atom. The summed E-state index contributed by atoms with van der Waals surface area (Å²) in [5.41, 5.74) is 0. The molecule has 3 aliphatic rings. The van der Waals surface area contributed by atoms with E-state index in [0.29, 0.717) is 5.75 Å². The summed E-state index contributed by atoms with van der Waals surface area (Å²) in [7, 11) is 0. The summed E-state index contributed by atoms with van der Waals surface area (Å²) in [5, 5.41) is 0. The fourth-order valence-electron chi connectivity index (χ4n) is 3.72. The molecule has 0 amide bonds. The van der Waals surface area contributed by atoms with Crippen molar-refractivity contribution in [1.29, 1.82) is 0 Å². The number of fused-ring (bicyclic) bond motifs is 3. The number of carbonyl (C=O) groups is 1. The van der Waals surface area contributed by atoms with Crippen molar-refractivity contribution in [3.8, 4) is 5.75 Å². The van der Waals surface area contributed by atoms with Crippen molar-refractivity contribution < 1.29 is 38.0 Å². The van der Waals surface area contributed by atoms with Crippen LogP contribution in [0.1, 0.15) is 27.7 Å². The number of ether oxygens (including phenoxy) is 7. The van der Waals surface area contributed by atoms with Gasteiger partial charge in [-0.3, -0.25) is 0 Å². The summed E-state index contributed by atoms with van der Waals surface area (Å²) >= 11 is 0. The number of rotatable bonds is 3. The van der Waals surface area contributed by atoms with E-state index in [1.807, 2.05) is 19.9 Å². The van der Waals surface area contributed by atoms with E-state index in [0.717, 1.165) is 0 Å². The first-order chi connectivity index (χ1) is 12.7. The third kappa shape index (κ3) is 3.68. The van der Waals surface area contributed by atoms with Gasteiger partial charge in [0.25, 0.3) is 0 Å². The molecule has 148 valence electrons. The van der Waals surface area contributed by atoms with Crippen LogP contribution in [0.15, 0.2) is 30.3 Å². The molecule has 3 heterocycles. The van der Waals surface area contributed by atoms with E-state index in [4.69, 9.17) is 33.2 Å². The molecule has 0 unspecified atom stereocenters. The van der Waals surface area contributed by atoms with E-state index in [1.54, 1.807) is 38.1 Å². The fourth-order valence-corrected chi connectivity index (χ4v) is 3.72. The lowest BCUT2D eigenvalue weighted by Gasteiger charge is -2.39. The zero-order valence-electron chi connectivity index (χ0n) is 15.8. The minimum Gasteiger partial charge on any atom is -0.428 e. The van der Waals surface area contributed by atoms with Crippen LogP contribution in [-0.2, 0) is 28.4 Å². The molecule has 1 aromatic rings. The van der Waals surface area contributed by atoms with Gasteiger partial charge in [0.2, 0.25) is 5.79 Å². The summed E-state index contributed by atoms with van der Waals surface area (Å²) in [5.74, 6) is -2.58. The van der Waals surface area contributed by atoms with Gasteiger partial charge in [-0.1, -0.05) is 18.2 Å². The zero-order valence-corrected chi connectivity index (χ0v) is 15.8. The summed E-state index contributed by atoms with van der Waals surface area (Å²) in [4.78, 5) is 12.1. The van der Waals surface area contributed by atoms with Gasteiger partial charge in [-0.05, 0) is 39.8 Å². The normalized spacial score (nSPS) is 35.9. The predicted octanol–water partition coefficient (Wildman–Crippen LogP) is 2.60. The van der Waals surface area contributed by atoms with E-state index in [-0.39, 0.29) is 19.3 Å². The Balaban J connectivity index is 1.47. The summed E-state index contributed by atoms with van der Waals surface area (Å²) < 4.78 is 40.3. The third-order valence-electron chi connectivity index (χ3n) is 4.61. The highest BCUT2D eigenvalue weighted by Gasteiger charge is 2.66. The summed E-state index contributed by atoms with van der Waals surface area (Å²) in [6, 6.07) is 8.67. The number of para-hydroxylation sites is 1. The monoisotopic (exact) mass is 380 g/mol. The van der Waals surface area contributed by atoms with Crippen LogP contribution in [0.4, 0.5) is 4.79 Å². The molecule has 4 atom stereocenters. The van der Waals surface area contributed by atoms with Gasteiger partial charge in [-0.15, -0.1) is 0 Å². The first kappa shape index (κ1) is 18.6. The van der Waals surface area contributed by atoms with Crippen LogP contribution in [0.25, 0.3) is 0 Å². The summed E-state index contributed by atoms with van der Waals surface area (Å²) in [6.45, 7) is 7.26. The molecule has 3 fully saturated rings. The van der Waals surface area contributed by atoms with Crippen LogP contribution in [0.2, 0.25) is 0 Å². The molecule has 8 nitrogen and oxygen atoms in total. The molecule has 1 aromatic carbocycles. The molecule has 0 bridgehead atoms. The second kappa shape index (κ2) is 6.42. The zero-order chi connectivity index (χ0) is 19.3. The minimum atomic E-state index is -1.29. The van der Waals surface area contributed by atoms with Crippen molar-refractivity contribution in [3.05, 3.63) is 30.3 Å². The quantitative estimate of drug-likeness (QED) is 0.585. The molecule has 27 heavy (non-hydrogen) atoms. The smallest absolute Gasteiger partial charge is 0.428 e. The largest absolute Gasteiger partial charge is 0.514 e. The van der Waals surface area contributed by atoms with Gasteiger partial charge in [-0.25, -0.2) is 4.79 Å². The molecule has 0 spiro atoms. The predicted molar refractivity (Wildman–Crippen MR) is 91.0 cm³/mol. The van der Waals surface area contributed by atoms with Gasteiger partial charge < -0.3 is 33.2 Å². The van der Waals surface area contributed by atoms with Gasteiger partial charge in [0.15, 0.2) is 18.2 Å². The van der Waals surface area contributed by atoms with Crippen molar-refractivity contribution in [1.82, 2.24) is 0 Å². The van der Waals surface area contributed by atoms with Crippen molar-refractivity contribution in [2.45, 2.75) is 63.4 Å². The minimum absolute atomic E-state index is 0.195. The lowest BCUT2D eigenvalue weighted by molar-refractivity contribution is -0.294. The van der Waals surface area contributed by atoms with Crippen LogP contribution < -0.4 is 4.74 Å². The maximum absolute atomic E-state index is 12.1. The lowest BCUT2D eigenvalue weighted by Crippen LogP contribution is -2.60. The molecule has 0 aromatic heterocycles. The van der Waals surface area contributed by atoms with E-state index in [1.165, 1.54) is 0 Å². The Labute approximate surface area is 157 Å². The van der Waals surface area contributed by atoms with E-state index in [9.17, 15) is 4.79 Å². The maximum Gasteiger partial charge on any atom is 0.514 e. The van der Waals surface area contributed by atoms with Crippen molar-refractivity contribution >= 4 is 6.16 Å². The van der Waals surface area contributed by atoms with Gasteiger partial charge in [0.05, 0.1) is 6.61 Å². The molecule has 0 N–H and O–H groups in total. The molecule has 8 heteroatoms. The average Bonchev–Trinajstić information content (AvgIpc) is 3.05. The highest BCUT2D eigenvalue weighted by Crippen LogP contribution is 2.47. The van der Waals surface area contributed by atoms with Crippen LogP contribution >= 0.6 is 0 Å². The van der Waals surface area contributed by atoms with E-state index >= 15 is 0 Å². The molecule has 0 saturated carbocycles. The van der Waals surface area contributed by atoms with Crippen LogP contribution in [0.5, 0.6) is 5.75 Å². The van der Waals surface area contributed by atoms with Gasteiger partial charge in [0, 0.05) is 0 Å². The van der Waals surface area contributed by atoms with Gasteiger partial charge in [0.1, 0.15) is 24.1 Å². The van der Waals surface area contributed by atoms with Crippen LogP contribution in [0.3, 0.4) is 0 Å². The molecule has 0 radical (unpaired) electrons.